The van der Waals surface area contributed by atoms with Gasteiger partial charge in [-0.3, -0.25) is 9.59 Å². The van der Waals surface area contributed by atoms with E-state index < -0.39 is 0 Å². The average Bonchev–Trinajstić information content (AvgIpc) is 2.79. The molecule has 0 aromatic heterocycles. The number of likely N-dealkylation sites (tertiary alicyclic amines) is 1. The molecule has 2 amide bonds. The van der Waals surface area contributed by atoms with Crippen molar-refractivity contribution in [3.63, 3.8) is 0 Å². The van der Waals surface area contributed by atoms with Gasteiger partial charge in [0.2, 0.25) is 11.8 Å². The normalized spacial score (nSPS) is 21.2. The molecule has 3 N–H and O–H groups in total. The lowest BCUT2D eigenvalue weighted by molar-refractivity contribution is -0.128. The molecule has 1 aliphatic heterocycles. The fourth-order valence-electron chi connectivity index (χ4n) is 2.86. The Bertz CT molecular complexity index is 550. The van der Waals surface area contributed by atoms with Gasteiger partial charge in [0, 0.05) is 25.0 Å². The van der Waals surface area contributed by atoms with E-state index in [0.717, 1.165) is 18.4 Å². The Hall–Kier alpha value is -1.59. The standard InChI is InChI=1S/C16H22ClN3O2/c1-20-14(21)10-13(16(22)19-8-3-2-7-18)15(20)11-5-4-6-12(17)9-11/h4-6,9,13,15H,2-3,7-8,10,18H2,1H3,(H,19,22). The number of rotatable bonds is 6. The van der Waals surface area contributed by atoms with Crippen LogP contribution in [0.25, 0.3) is 0 Å². The molecule has 1 fully saturated rings. The van der Waals surface area contributed by atoms with Crippen molar-refractivity contribution in [1.82, 2.24) is 10.2 Å². The first-order valence-electron chi connectivity index (χ1n) is 7.53. The van der Waals surface area contributed by atoms with Crippen LogP contribution in [0.4, 0.5) is 0 Å². The van der Waals surface area contributed by atoms with Gasteiger partial charge < -0.3 is 16.0 Å². The summed E-state index contributed by atoms with van der Waals surface area (Å²) in [7, 11) is 1.73. The summed E-state index contributed by atoms with van der Waals surface area (Å²) in [6.45, 7) is 1.21. The highest BCUT2D eigenvalue weighted by molar-refractivity contribution is 6.30. The zero-order valence-corrected chi connectivity index (χ0v) is 13.5. The number of benzene rings is 1. The first-order valence-corrected chi connectivity index (χ1v) is 7.91. The Morgan fingerprint density at radius 2 is 2.23 bits per heavy atom. The molecule has 0 spiro atoms. The van der Waals surface area contributed by atoms with E-state index in [9.17, 15) is 9.59 Å². The second-order valence-corrected chi connectivity index (χ2v) is 6.04. The first-order chi connectivity index (χ1) is 10.5. The van der Waals surface area contributed by atoms with Crippen molar-refractivity contribution < 1.29 is 9.59 Å². The molecule has 2 rings (SSSR count). The zero-order chi connectivity index (χ0) is 16.1. The van der Waals surface area contributed by atoms with E-state index in [0.29, 0.717) is 18.1 Å². The Labute approximate surface area is 135 Å². The highest BCUT2D eigenvalue weighted by Crippen LogP contribution is 2.37. The number of unbranched alkanes of at least 4 members (excludes halogenated alkanes) is 1. The van der Waals surface area contributed by atoms with Crippen LogP contribution in [0.3, 0.4) is 0 Å². The van der Waals surface area contributed by atoms with Gasteiger partial charge in [-0.05, 0) is 37.1 Å². The smallest absolute Gasteiger partial charge is 0.226 e. The SMILES string of the molecule is CN1C(=O)CC(C(=O)NCCCCN)C1c1cccc(Cl)c1. The van der Waals surface area contributed by atoms with Gasteiger partial charge in [0.25, 0.3) is 0 Å². The van der Waals surface area contributed by atoms with Crippen LogP contribution in [0, 0.1) is 5.92 Å². The third-order valence-corrected chi connectivity index (χ3v) is 4.28. The van der Waals surface area contributed by atoms with Crippen LogP contribution in [-0.2, 0) is 9.59 Å². The third-order valence-electron chi connectivity index (χ3n) is 4.04. The summed E-state index contributed by atoms with van der Waals surface area (Å²) >= 11 is 6.04. The van der Waals surface area contributed by atoms with Crippen molar-refractivity contribution in [2.75, 3.05) is 20.1 Å². The van der Waals surface area contributed by atoms with Gasteiger partial charge in [0.05, 0.1) is 12.0 Å². The van der Waals surface area contributed by atoms with Gasteiger partial charge in [-0.25, -0.2) is 0 Å². The molecule has 6 heteroatoms. The lowest BCUT2D eigenvalue weighted by Crippen LogP contribution is -2.35. The molecule has 120 valence electrons. The van der Waals surface area contributed by atoms with Gasteiger partial charge in [0.1, 0.15) is 0 Å². The summed E-state index contributed by atoms with van der Waals surface area (Å²) in [5.74, 6) is -0.486. The molecule has 2 unspecified atom stereocenters. The maximum atomic E-state index is 12.4. The molecule has 2 atom stereocenters. The fraction of sp³-hybridized carbons (Fsp3) is 0.500. The molecule has 1 aliphatic rings. The summed E-state index contributed by atoms with van der Waals surface area (Å²) in [5, 5.41) is 3.51. The second-order valence-electron chi connectivity index (χ2n) is 5.60. The van der Waals surface area contributed by atoms with Crippen molar-refractivity contribution in [2.45, 2.75) is 25.3 Å². The van der Waals surface area contributed by atoms with Gasteiger partial charge in [-0.2, -0.15) is 0 Å². The number of nitrogens with one attached hydrogen (secondary N) is 1. The second kappa shape index (κ2) is 7.61. The number of carbonyl (C=O) groups excluding carboxylic acids is 2. The summed E-state index contributed by atoms with van der Waals surface area (Å²) < 4.78 is 0. The molecule has 1 aromatic rings. The third kappa shape index (κ3) is 3.78. The topological polar surface area (TPSA) is 75.4 Å². The van der Waals surface area contributed by atoms with E-state index in [1.54, 1.807) is 18.0 Å². The van der Waals surface area contributed by atoms with Crippen molar-refractivity contribution in [1.29, 1.82) is 0 Å². The molecule has 0 aliphatic carbocycles. The Kier molecular flexibility index (Phi) is 5.80. The molecule has 0 radical (unpaired) electrons. The maximum absolute atomic E-state index is 12.4. The van der Waals surface area contributed by atoms with E-state index in [1.165, 1.54) is 0 Å². The van der Waals surface area contributed by atoms with E-state index in [2.05, 4.69) is 5.32 Å². The Morgan fingerprint density at radius 3 is 2.91 bits per heavy atom. The molecular weight excluding hydrogens is 302 g/mol. The van der Waals surface area contributed by atoms with Crippen LogP contribution < -0.4 is 11.1 Å². The van der Waals surface area contributed by atoms with Gasteiger partial charge in [-0.1, -0.05) is 23.7 Å². The number of hydrogen-bond acceptors (Lipinski definition) is 3. The van der Waals surface area contributed by atoms with E-state index in [1.807, 2.05) is 18.2 Å². The highest BCUT2D eigenvalue weighted by Gasteiger charge is 2.42. The Balaban J connectivity index is 2.11. The molecule has 1 heterocycles. The number of amides is 2. The predicted molar refractivity (Wildman–Crippen MR) is 86.4 cm³/mol. The Morgan fingerprint density at radius 1 is 1.45 bits per heavy atom. The van der Waals surface area contributed by atoms with Crippen molar-refractivity contribution >= 4 is 23.4 Å². The average molecular weight is 324 g/mol. The molecular formula is C16H22ClN3O2. The predicted octanol–water partition coefficient (Wildman–Crippen LogP) is 1.71. The van der Waals surface area contributed by atoms with Crippen molar-refractivity contribution in [2.24, 2.45) is 11.7 Å². The summed E-state index contributed by atoms with van der Waals surface area (Å²) in [4.78, 5) is 26.1. The van der Waals surface area contributed by atoms with Crippen LogP contribution in [-0.4, -0.2) is 36.9 Å². The summed E-state index contributed by atoms with van der Waals surface area (Å²) in [5.41, 5.74) is 6.33. The van der Waals surface area contributed by atoms with Gasteiger partial charge in [0.15, 0.2) is 0 Å². The monoisotopic (exact) mass is 323 g/mol. The van der Waals surface area contributed by atoms with Crippen molar-refractivity contribution in [3.05, 3.63) is 34.9 Å². The van der Waals surface area contributed by atoms with Crippen LogP contribution in [0.5, 0.6) is 0 Å². The number of halogens is 1. The largest absolute Gasteiger partial charge is 0.356 e. The zero-order valence-electron chi connectivity index (χ0n) is 12.7. The maximum Gasteiger partial charge on any atom is 0.226 e. The minimum Gasteiger partial charge on any atom is -0.356 e. The summed E-state index contributed by atoms with van der Waals surface area (Å²) in [6, 6.07) is 7.07. The molecule has 5 nitrogen and oxygen atoms in total. The molecule has 0 saturated carbocycles. The number of nitrogens with zero attached hydrogens (tertiary/aromatic N) is 1. The fourth-order valence-corrected chi connectivity index (χ4v) is 3.06. The van der Waals surface area contributed by atoms with Crippen LogP contribution in [0.1, 0.15) is 30.9 Å². The van der Waals surface area contributed by atoms with Crippen molar-refractivity contribution in [3.8, 4) is 0 Å². The van der Waals surface area contributed by atoms with E-state index in [4.69, 9.17) is 17.3 Å². The highest BCUT2D eigenvalue weighted by atomic mass is 35.5. The number of nitrogens with two attached hydrogens (primary N) is 1. The first kappa shape index (κ1) is 16.8. The van der Waals surface area contributed by atoms with Gasteiger partial charge in [-0.15, -0.1) is 0 Å². The minimum absolute atomic E-state index is 0.0212. The van der Waals surface area contributed by atoms with E-state index in [-0.39, 0.29) is 30.2 Å². The summed E-state index contributed by atoms with van der Waals surface area (Å²) in [6.07, 6.45) is 1.96. The molecule has 22 heavy (non-hydrogen) atoms. The number of carbonyl (C=O) groups is 2. The number of hydrogen-bond donors (Lipinski definition) is 2. The quantitative estimate of drug-likeness (QED) is 0.783. The lowest BCUT2D eigenvalue weighted by atomic mass is 9.93. The molecule has 1 saturated heterocycles. The van der Waals surface area contributed by atoms with Crippen LogP contribution >= 0.6 is 11.6 Å². The minimum atomic E-state index is -0.381. The molecule has 0 bridgehead atoms. The van der Waals surface area contributed by atoms with E-state index >= 15 is 0 Å². The van der Waals surface area contributed by atoms with Crippen LogP contribution in [0.15, 0.2) is 24.3 Å². The van der Waals surface area contributed by atoms with Gasteiger partial charge >= 0.3 is 0 Å². The molecule has 1 aromatic carbocycles. The lowest BCUT2D eigenvalue weighted by Gasteiger charge is -2.25. The van der Waals surface area contributed by atoms with Crippen LogP contribution in [0.2, 0.25) is 5.02 Å².